The molecule has 3 rings (SSSR count). The normalized spacial score (nSPS) is 14.2. The number of aryl methyl sites for hydroxylation is 2. The lowest BCUT2D eigenvalue weighted by molar-refractivity contribution is -0.946. The molecule has 2 aromatic heterocycles. The fourth-order valence-electron chi connectivity index (χ4n) is 3.97. The Morgan fingerprint density at radius 3 is 2.53 bits per heavy atom. The Labute approximate surface area is 176 Å². The van der Waals surface area contributed by atoms with Crippen LogP contribution >= 0.6 is 0 Å². The Balaban J connectivity index is 2.01. The van der Waals surface area contributed by atoms with Gasteiger partial charge in [0.1, 0.15) is 19.1 Å². The van der Waals surface area contributed by atoms with E-state index in [0.29, 0.717) is 18.7 Å². The van der Waals surface area contributed by atoms with E-state index in [9.17, 15) is 9.90 Å². The average Bonchev–Trinajstić information content (AvgIpc) is 3.15. The number of pyridine rings is 1. The first kappa shape index (κ1) is 22.1. The van der Waals surface area contributed by atoms with Gasteiger partial charge in [0, 0.05) is 11.9 Å². The third-order valence-corrected chi connectivity index (χ3v) is 5.73. The Kier molecular flexibility index (Phi) is 6.38. The topological polar surface area (TPSA) is 101 Å². The number of quaternary nitrogens is 1. The molecule has 0 fully saturated rings. The fourth-order valence-corrected chi connectivity index (χ4v) is 3.97. The zero-order valence-corrected chi connectivity index (χ0v) is 18.8. The van der Waals surface area contributed by atoms with Gasteiger partial charge in [-0.05, 0) is 79.8 Å². The fraction of sp³-hybridized carbons (Fsp3) is 0.545. The van der Waals surface area contributed by atoms with Gasteiger partial charge in [0.05, 0.1) is 17.7 Å². The maximum atomic E-state index is 12.8. The second kappa shape index (κ2) is 8.65. The van der Waals surface area contributed by atoms with E-state index in [1.165, 1.54) is 5.56 Å². The lowest BCUT2D eigenvalue weighted by Gasteiger charge is -2.29. The molecule has 2 heterocycles. The van der Waals surface area contributed by atoms with Crippen LogP contribution in [0.3, 0.4) is 0 Å². The van der Waals surface area contributed by atoms with E-state index in [1.54, 1.807) is 0 Å². The van der Waals surface area contributed by atoms with Gasteiger partial charge in [-0.1, -0.05) is 6.92 Å². The summed E-state index contributed by atoms with van der Waals surface area (Å²) in [5.74, 6) is 0.775. The van der Waals surface area contributed by atoms with Crippen LogP contribution in [0.5, 0.6) is 0 Å². The van der Waals surface area contributed by atoms with Gasteiger partial charge in [-0.2, -0.15) is 0 Å². The van der Waals surface area contributed by atoms with Crippen molar-refractivity contribution in [3.63, 3.8) is 0 Å². The van der Waals surface area contributed by atoms with E-state index in [2.05, 4.69) is 61.2 Å². The molecule has 0 radical (unpaired) electrons. The van der Waals surface area contributed by atoms with Crippen molar-refractivity contribution >= 4 is 10.9 Å². The predicted octanol–water partition coefficient (Wildman–Crippen LogP) is 1.41. The number of nitrogens with one attached hydrogen (secondary N) is 2. The summed E-state index contributed by atoms with van der Waals surface area (Å²) in [6, 6.07) is 6.05. The summed E-state index contributed by atoms with van der Waals surface area (Å²) >= 11 is 0. The molecule has 0 aliphatic rings. The van der Waals surface area contributed by atoms with Crippen LogP contribution in [-0.2, 0) is 12.1 Å². The number of aliphatic hydroxyl groups excluding tert-OH is 1. The van der Waals surface area contributed by atoms with Gasteiger partial charge in [0.25, 0.3) is 5.56 Å². The number of H-pyrrole nitrogens is 1. The first-order chi connectivity index (χ1) is 14.2. The summed E-state index contributed by atoms with van der Waals surface area (Å²) in [7, 11) is 0. The van der Waals surface area contributed by atoms with E-state index >= 15 is 0 Å². The Hall–Kier alpha value is -2.58. The molecule has 0 saturated heterocycles. The van der Waals surface area contributed by atoms with Crippen LogP contribution in [0.2, 0.25) is 0 Å². The highest BCUT2D eigenvalue weighted by atomic mass is 16.3. The Morgan fingerprint density at radius 2 is 1.90 bits per heavy atom. The monoisotopic (exact) mass is 413 g/mol. The summed E-state index contributed by atoms with van der Waals surface area (Å²) in [5, 5.41) is 23.1. The molecule has 162 valence electrons. The molecule has 0 saturated carbocycles. The second-order valence-electron chi connectivity index (χ2n) is 9.04. The molecule has 8 heteroatoms. The number of hydrogen-bond acceptors (Lipinski definition) is 5. The number of tetrazole rings is 1. The number of aromatic nitrogens is 5. The van der Waals surface area contributed by atoms with Crippen LogP contribution < -0.4 is 10.5 Å². The SMILES string of the molecule is CC[C@H](c1nnnn1C(C)(C)C)[NH+](CCO)Cc1cc2cc(C)c(C)cc2[nH]c1=O. The lowest BCUT2D eigenvalue weighted by Crippen LogP contribution is -3.11. The molecule has 2 atom stereocenters. The minimum absolute atomic E-state index is 0.0205. The van der Waals surface area contributed by atoms with Crippen molar-refractivity contribution in [3.8, 4) is 0 Å². The molecule has 0 aliphatic heterocycles. The van der Waals surface area contributed by atoms with Crippen LogP contribution in [0, 0.1) is 13.8 Å². The molecule has 8 nitrogen and oxygen atoms in total. The highest BCUT2D eigenvalue weighted by molar-refractivity contribution is 5.80. The van der Waals surface area contributed by atoms with Crippen LogP contribution in [-0.4, -0.2) is 43.4 Å². The van der Waals surface area contributed by atoms with Gasteiger partial charge in [-0.25, -0.2) is 4.68 Å². The third-order valence-electron chi connectivity index (χ3n) is 5.73. The lowest BCUT2D eigenvalue weighted by atomic mass is 10.0. The van der Waals surface area contributed by atoms with Crippen LogP contribution in [0.25, 0.3) is 10.9 Å². The van der Waals surface area contributed by atoms with Crippen molar-refractivity contribution in [3.05, 3.63) is 51.1 Å². The van der Waals surface area contributed by atoms with Crippen molar-refractivity contribution in [1.82, 2.24) is 25.2 Å². The number of hydrogen-bond donors (Lipinski definition) is 3. The summed E-state index contributed by atoms with van der Waals surface area (Å²) in [5.41, 5.74) is 3.54. The zero-order valence-electron chi connectivity index (χ0n) is 18.8. The molecule has 30 heavy (non-hydrogen) atoms. The minimum Gasteiger partial charge on any atom is -0.391 e. The third kappa shape index (κ3) is 4.44. The highest BCUT2D eigenvalue weighted by Gasteiger charge is 2.32. The summed E-state index contributed by atoms with van der Waals surface area (Å²) in [6.07, 6.45) is 0.787. The molecular weight excluding hydrogens is 380 g/mol. The standard InChI is InChI=1S/C22H32N6O2/c1-7-19(20-24-25-26-28(20)22(4,5)6)27(8-9-29)13-17-12-16-10-14(2)15(3)11-18(16)23-21(17)30/h10-12,19,29H,7-9,13H2,1-6H3,(H,23,30)/p+1/t19-/m1/s1. The second-order valence-corrected chi connectivity index (χ2v) is 9.04. The van der Waals surface area contributed by atoms with Crippen LogP contribution in [0.1, 0.15) is 62.7 Å². The average molecular weight is 414 g/mol. The molecular formula is C22H33N6O2+. The number of aliphatic hydroxyl groups is 1. The Bertz CT molecular complexity index is 1080. The van der Waals surface area contributed by atoms with Gasteiger partial charge in [-0.3, -0.25) is 4.79 Å². The summed E-state index contributed by atoms with van der Waals surface area (Å²) in [6.45, 7) is 13.4. The van der Waals surface area contributed by atoms with Crippen molar-refractivity contribution in [2.24, 2.45) is 0 Å². The molecule has 0 amide bonds. The highest BCUT2D eigenvalue weighted by Crippen LogP contribution is 2.20. The van der Waals surface area contributed by atoms with Crippen molar-refractivity contribution in [2.75, 3.05) is 13.2 Å². The van der Waals surface area contributed by atoms with Gasteiger partial charge < -0.3 is 15.0 Å². The van der Waals surface area contributed by atoms with E-state index in [1.807, 2.05) is 23.7 Å². The summed E-state index contributed by atoms with van der Waals surface area (Å²) < 4.78 is 1.84. The van der Waals surface area contributed by atoms with E-state index in [-0.39, 0.29) is 23.7 Å². The quantitative estimate of drug-likeness (QED) is 0.544. The number of fused-ring (bicyclic) bond motifs is 1. The Morgan fingerprint density at radius 1 is 1.20 bits per heavy atom. The molecule has 0 bridgehead atoms. The van der Waals surface area contributed by atoms with Crippen molar-refractivity contribution in [2.45, 2.75) is 66.1 Å². The van der Waals surface area contributed by atoms with Crippen molar-refractivity contribution in [1.29, 1.82) is 0 Å². The van der Waals surface area contributed by atoms with Gasteiger partial charge in [0.2, 0.25) is 5.82 Å². The number of rotatable bonds is 7. The van der Waals surface area contributed by atoms with Gasteiger partial charge in [-0.15, -0.1) is 5.10 Å². The van der Waals surface area contributed by atoms with Crippen LogP contribution in [0.4, 0.5) is 0 Å². The number of benzene rings is 1. The molecule has 1 aromatic carbocycles. The largest absolute Gasteiger partial charge is 0.391 e. The smallest absolute Gasteiger partial charge is 0.257 e. The molecule has 1 unspecified atom stereocenters. The number of aromatic amines is 1. The molecule has 0 spiro atoms. The summed E-state index contributed by atoms with van der Waals surface area (Å²) in [4.78, 5) is 16.9. The molecule has 0 aliphatic carbocycles. The molecule has 3 N–H and O–H groups in total. The molecule has 3 aromatic rings. The van der Waals surface area contributed by atoms with Crippen LogP contribution in [0.15, 0.2) is 23.0 Å². The maximum Gasteiger partial charge on any atom is 0.257 e. The van der Waals surface area contributed by atoms with Crippen molar-refractivity contribution < 1.29 is 10.0 Å². The number of nitrogens with zero attached hydrogens (tertiary/aromatic N) is 4. The first-order valence-electron chi connectivity index (χ1n) is 10.5. The maximum absolute atomic E-state index is 12.8. The van der Waals surface area contributed by atoms with E-state index in [4.69, 9.17) is 0 Å². The minimum atomic E-state index is -0.258. The van der Waals surface area contributed by atoms with E-state index in [0.717, 1.165) is 33.6 Å². The van der Waals surface area contributed by atoms with Gasteiger partial charge >= 0.3 is 0 Å². The predicted molar refractivity (Wildman–Crippen MR) is 117 cm³/mol. The zero-order chi connectivity index (χ0) is 22.1. The first-order valence-corrected chi connectivity index (χ1v) is 10.5. The van der Waals surface area contributed by atoms with E-state index < -0.39 is 0 Å². The van der Waals surface area contributed by atoms with Gasteiger partial charge in [0.15, 0.2) is 0 Å².